The summed E-state index contributed by atoms with van der Waals surface area (Å²) in [6.45, 7) is 0. The number of carbonyl (C=O) groups excluding carboxylic acids is 2. The molecule has 2 aromatic rings. The molecule has 5 heteroatoms. The lowest BCUT2D eigenvalue weighted by Crippen LogP contribution is -2.46. The van der Waals surface area contributed by atoms with Crippen molar-refractivity contribution in [3.8, 4) is 0 Å². The Bertz CT molecular complexity index is 802. The Hall–Kier alpha value is -2.95. The zero-order valence-electron chi connectivity index (χ0n) is 13.0. The van der Waals surface area contributed by atoms with Crippen LogP contribution >= 0.6 is 0 Å². The standard InChI is InChI=1S/C19H16N2O3/c22-18-12-16-17(24-18)11-15(13-7-3-1-4-8-13)20-21(16)19(23)14-9-5-2-6-10-14/h1-10,16-17H,11-12H2/t16-,17-/m1/s1. The number of hydrogen-bond donors (Lipinski definition) is 0. The van der Waals surface area contributed by atoms with Crippen LogP contribution in [0.15, 0.2) is 65.8 Å². The Morgan fingerprint density at radius 3 is 2.38 bits per heavy atom. The van der Waals surface area contributed by atoms with Crippen LogP contribution < -0.4 is 0 Å². The molecule has 0 bridgehead atoms. The minimum atomic E-state index is -0.335. The number of ether oxygens (including phenoxy) is 1. The highest BCUT2D eigenvalue weighted by atomic mass is 16.6. The molecule has 0 N–H and O–H groups in total. The van der Waals surface area contributed by atoms with Crippen LogP contribution in [0.25, 0.3) is 0 Å². The van der Waals surface area contributed by atoms with Crippen molar-refractivity contribution in [3.05, 3.63) is 71.8 Å². The second kappa shape index (κ2) is 5.92. The fraction of sp³-hybridized carbons (Fsp3) is 0.211. The van der Waals surface area contributed by atoms with Crippen molar-refractivity contribution in [2.45, 2.75) is 25.0 Å². The number of amides is 1. The first-order valence-corrected chi connectivity index (χ1v) is 7.93. The van der Waals surface area contributed by atoms with Crippen LogP contribution in [0.5, 0.6) is 0 Å². The van der Waals surface area contributed by atoms with E-state index < -0.39 is 0 Å². The van der Waals surface area contributed by atoms with Gasteiger partial charge in [-0.3, -0.25) is 9.59 Å². The highest BCUT2D eigenvalue weighted by Crippen LogP contribution is 2.30. The number of carbonyl (C=O) groups is 2. The predicted octanol–water partition coefficient (Wildman–Crippen LogP) is 2.62. The summed E-state index contributed by atoms with van der Waals surface area (Å²) in [7, 11) is 0. The van der Waals surface area contributed by atoms with E-state index in [0.29, 0.717) is 12.0 Å². The van der Waals surface area contributed by atoms with Gasteiger partial charge in [0.05, 0.1) is 12.1 Å². The van der Waals surface area contributed by atoms with E-state index in [9.17, 15) is 9.59 Å². The Morgan fingerprint density at radius 2 is 1.67 bits per heavy atom. The summed E-state index contributed by atoms with van der Waals surface area (Å²) in [5, 5.41) is 6.00. The maximum absolute atomic E-state index is 12.9. The lowest BCUT2D eigenvalue weighted by atomic mass is 9.97. The first kappa shape index (κ1) is 14.6. The third-order valence-electron chi connectivity index (χ3n) is 4.36. The SMILES string of the molecule is O=C1C[C@@H]2[C@@H](CC(c3ccccc3)=NN2C(=O)c2ccccc2)O1. The average Bonchev–Trinajstić information content (AvgIpc) is 3.02. The van der Waals surface area contributed by atoms with Crippen molar-refractivity contribution in [1.82, 2.24) is 5.01 Å². The normalized spacial score (nSPS) is 22.6. The molecule has 2 atom stereocenters. The number of rotatable bonds is 2. The van der Waals surface area contributed by atoms with Crippen LogP contribution in [0, 0.1) is 0 Å². The molecule has 0 unspecified atom stereocenters. The lowest BCUT2D eigenvalue weighted by Gasteiger charge is -2.32. The minimum Gasteiger partial charge on any atom is -0.460 e. The van der Waals surface area contributed by atoms with Gasteiger partial charge in [0.1, 0.15) is 12.1 Å². The highest BCUT2D eigenvalue weighted by molar-refractivity contribution is 6.04. The zero-order valence-corrected chi connectivity index (χ0v) is 13.0. The van der Waals surface area contributed by atoms with Crippen molar-refractivity contribution in [2.75, 3.05) is 0 Å². The van der Waals surface area contributed by atoms with Crippen LogP contribution in [0.2, 0.25) is 0 Å². The molecule has 0 aliphatic carbocycles. The number of fused-ring (bicyclic) bond motifs is 1. The van der Waals surface area contributed by atoms with Crippen LogP contribution in [0.3, 0.4) is 0 Å². The Balaban J connectivity index is 1.73. The third kappa shape index (κ3) is 2.58. The number of hydrogen-bond acceptors (Lipinski definition) is 4. The van der Waals surface area contributed by atoms with Crippen molar-refractivity contribution < 1.29 is 14.3 Å². The smallest absolute Gasteiger partial charge is 0.308 e. The molecule has 2 aliphatic heterocycles. The van der Waals surface area contributed by atoms with E-state index in [1.54, 1.807) is 12.1 Å². The van der Waals surface area contributed by atoms with E-state index in [2.05, 4.69) is 5.10 Å². The maximum Gasteiger partial charge on any atom is 0.308 e. The first-order chi connectivity index (χ1) is 11.7. The van der Waals surface area contributed by atoms with Gasteiger partial charge < -0.3 is 4.74 Å². The molecule has 24 heavy (non-hydrogen) atoms. The van der Waals surface area contributed by atoms with Gasteiger partial charge in [-0.25, -0.2) is 5.01 Å². The van der Waals surface area contributed by atoms with Crippen LogP contribution in [-0.2, 0) is 9.53 Å². The summed E-state index contributed by atoms with van der Waals surface area (Å²) in [5.74, 6) is -0.489. The van der Waals surface area contributed by atoms with Gasteiger partial charge >= 0.3 is 5.97 Å². The zero-order chi connectivity index (χ0) is 16.5. The van der Waals surface area contributed by atoms with Gasteiger partial charge in [0.2, 0.25) is 0 Å². The van der Waals surface area contributed by atoms with Gasteiger partial charge in [-0.1, -0.05) is 48.5 Å². The summed E-state index contributed by atoms with van der Waals surface area (Å²) in [5.41, 5.74) is 2.24. The first-order valence-electron chi connectivity index (χ1n) is 7.93. The third-order valence-corrected chi connectivity index (χ3v) is 4.36. The molecule has 120 valence electrons. The number of hydrazone groups is 1. The predicted molar refractivity (Wildman–Crippen MR) is 88.5 cm³/mol. The molecule has 2 aromatic carbocycles. The fourth-order valence-corrected chi connectivity index (χ4v) is 3.17. The summed E-state index contributed by atoms with van der Waals surface area (Å²) in [6.07, 6.45) is 0.381. The molecule has 0 spiro atoms. The van der Waals surface area contributed by atoms with Gasteiger partial charge in [0, 0.05) is 12.0 Å². The molecular formula is C19H16N2O3. The van der Waals surface area contributed by atoms with E-state index >= 15 is 0 Å². The van der Waals surface area contributed by atoms with Crippen molar-refractivity contribution in [1.29, 1.82) is 0 Å². The Morgan fingerprint density at radius 1 is 1.00 bits per heavy atom. The van der Waals surface area contributed by atoms with Crippen LogP contribution in [0.4, 0.5) is 0 Å². The van der Waals surface area contributed by atoms with E-state index in [4.69, 9.17) is 4.74 Å². The quantitative estimate of drug-likeness (QED) is 0.799. The molecule has 4 rings (SSSR count). The summed E-state index contributed by atoms with van der Waals surface area (Å²) >= 11 is 0. The van der Waals surface area contributed by atoms with E-state index in [1.165, 1.54) is 5.01 Å². The topological polar surface area (TPSA) is 59.0 Å². The van der Waals surface area contributed by atoms with Crippen LogP contribution in [0.1, 0.15) is 28.8 Å². The number of benzene rings is 2. The second-order valence-corrected chi connectivity index (χ2v) is 5.93. The number of esters is 1. The summed E-state index contributed by atoms with van der Waals surface area (Å²) < 4.78 is 5.42. The molecule has 2 aliphatic rings. The van der Waals surface area contributed by atoms with Gasteiger partial charge in [-0.2, -0.15) is 5.10 Å². The second-order valence-electron chi connectivity index (χ2n) is 5.93. The highest BCUT2D eigenvalue weighted by Gasteiger charge is 2.45. The lowest BCUT2D eigenvalue weighted by molar-refractivity contribution is -0.141. The van der Waals surface area contributed by atoms with E-state index in [1.807, 2.05) is 48.5 Å². The van der Waals surface area contributed by atoms with E-state index in [0.717, 1.165) is 11.3 Å². The van der Waals surface area contributed by atoms with Crippen molar-refractivity contribution in [2.24, 2.45) is 5.10 Å². The average molecular weight is 320 g/mol. The molecule has 1 saturated heterocycles. The van der Waals surface area contributed by atoms with E-state index in [-0.39, 0.29) is 30.4 Å². The molecule has 0 saturated carbocycles. The summed E-state index contributed by atoms with van der Waals surface area (Å²) in [4.78, 5) is 24.6. The monoisotopic (exact) mass is 320 g/mol. The van der Waals surface area contributed by atoms with Gasteiger partial charge in [0.15, 0.2) is 0 Å². The minimum absolute atomic E-state index is 0.189. The molecule has 5 nitrogen and oxygen atoms in total. The molecule has 0 radical (unpaired) electrons. The molecule has 0 aromatic heterocycles. The van der Waals surface area contributed by atoms with Crippen LogP contribution in [-0.4, -0.2) is 34.7 Å². The summed E-state index contributed by atoms with van der Waals surface area (Å²) in [6, 6.07) is 18.3. The van der Waals surface area contributed by atoms with Gasteiger partial charge in [0.25, 0.3) is 5.91 Å². The molecule has 2 heterocycles. The maximum atomic E-state index is 12.9. The molecule has 1 amide bonds. The Kier molecular flexibility index (Phi) is 3.61. The van der Waals surface area contributed by atoms with Crippen molar-refractivity contribution >= 4 is 17.6 Å². The van der Waals surface area contributed by atoms with Gasteiger partial charge in [-0.05, 0) is 17.7 Å². The van der Waals surface area contributed by atoms with Gasteiger partial charge in [-0.15, -0.1) is 0 Å². The Labute approximate surface area is 139 Å². The number of nitrogens with zero attached hydrogens (tertiary/aromatic N) is 2. The van der Waals surface area contributed by atoms with Crippen molar-refractivity contribution in [3.63, 3.8) is 0 Å². The molecule has 1 fully saturated rings. The largest absolute Gasteiger partial charge is 0.460 e. The molecular weight excluding hydrogens is 304 g/mol. The fourth-order valence-electron chi connectivity index (χ4n) is 3.17.